The van der Waals surface area contributed by atoms with E-state index in [2.05, 4.69) is 18.2 Å². The van der Waals surface area contributed by atoms with Crippen molar-refractivity contribution in [2.45, 2.75) is 39.0 Å². The summed E-state index contributed by atoms with van der Waals surface area (Å²) in [6.45, 7) is 4.95. The number of ether oxygens (including phenoxy) is 1. The predicted octanol–water partition coefficient (Wildman–Crippen LogP) is 2.84. The maximum Gasteiger partial charge on any atom is 0.313 e. The van der Waals surface area contributed by atoms with Gasteiger partial charge in [-0.2, -0.15) is 0 Å². The van der Waals surface area contributed by atoms with Gasteiger partial charge in [-0.05, 0) is 62.3 Å². The zero-order chi connectivity index (χ0) is 13.8. The number of hydrogen-bond acceptors (Lipinski definition) is 3. The maximum absolute atomic E-state index is 11.8. The predicted molar refractivity (Wildman–Crippen MR) is 83.3 cm³/mol. The second-order valence-corrected chi connectivity index (χ2v) is 5.35. The fraction of sp³-hybridized carbons (Fsp3) is 0.562. The number of halogens is 1. The molecule has 4 heteroatoms. The van der Waals surface area contributed by atoms with Crippen molar-refractivity contribution < 1.29 is 9.53 Å². The summed E-state index contributed by atoms with van der Waals surface area (Å²) in [6.07, 6.45) is 3.29. The lowest BCUT2D eigenvalue weighted by atomic mass is 9.82. The lowest BCUT2D eigenvalue weighted by Crippen LogP contribution is -2.22. The Morgan fingerprint density at radius 2 is 2.20 bits per heavy atom. The van der Waals surface area contributed by atoms with Crippen molar-refractivity contribution in [3.63, 3.8) is 0 Å². The van der Waals surface area contributed by atoms with Crippen molar-refractivity contribution in [2.24, 2.45) is 11.7 Å². The molecule has 0 bridgehead atoms. The van der Waals surface area contributed by atoms with E-state index >= 15 is 0 Å². The van der Waals surface area contributed by atoms with Crippen molar-refractivity contribution in [1.29, 1.82) is 0 Å². The quantitative estimate of drug-likeness (QED) is 0.870. The van der Waals surface area contributed by atoms with Crippen LogP contribution in [0.4, 0.5) is 0 Å². The highest BCUT2D eigenvalue weighted by atomic mass is 35.5. The molecule has 0 spiro atoms. The molecular formula is C16H24ClNO2. The van der Waals surface area contributed by atoms with Crippen LogP contribution in [0.15, 0.2) is 18.2 Å². The van der Waals surface area contributed by atoms with Gasteiger partial charge in [-0.3, -0.25) is 4.79 Å². The molecule has 0 fully saturated rings. The topological polar surface area (TPSA) is 52.3 Å². The Hall–Kier alpha value is -1.06. The van der Waals surface area contributed by atoms with Gasteiger partial charge in [0.25, 0.3) is 0 Å². The highest BCUT2D eigenvalue weighted by molar-refractivity contribution is 5.85. The van der Waals surface area contributed by atoms with Crippen LogP contribution in [0, 0.1) is 5.92 Å². The number of benzene rings is 1. The third-order valence-corrected chi connectivity index (χ3v) is 4.03. The minimum Gasteiger partial charge on any atom is -0.466 e. The van der Waals surface area contributed by atoms with Crippen LogP contribution in [-0.2, 0) is 22.4 Å². The summed E-state index contributed by atoms with van der Waals surface area (Å²) >= 11 is 0. The van der Waals surface area contributed by atoms with Gasteiger partial charge in [0.05, 0.1) is 12.5 Å². The minimum absolute atomic E-state index is 0. The zero-order valence-corrected chi connectivity index (χ0v) is 13.0. The number of hydrogen-bond donors (Lipinski definition) is 1. The first kappa shape index (κ1) is 17.0. The van der Waals surface area contributed by atoms with Gasteiger partial charge >= 0.3 is 5.97 Å². The highest BCUT2D eigenvalue weighted by Gasteiger charge is 2.21. The molecule has 1 aliphatic carbocycles. The molecule has 3 nitrogen and oxygen atoms in total. The van der Waals surface area contributed by atoms with Gasteiger partial charge in [0.1, 0.15) is 0 Å². The minimum atomic E-state index is -0.183. The molecule has 1 aliphatic rings. The molecule has 0 radical (unpaired) electrons. The number of nitrogens with two attached hydrogens (primary N) is 1. The molecule has 112 valence electrons. The summed E-state index contributed by atoms with van der Waals surface area (Å²) in [5, 5.41) is 0. The lowest BCUT2D eigenvalue weighted by molar-refractivity contribution is -0.144. The van der Waals surface area contributed by atoms with Crippen LogP contribution in [0.3, 0.4) is 0 Å². The van der Waals surface area contributed by atoms with Crippen LogP contribution in [0.5, 0.6) is 0 Å². The van der Waals surface area contributed by atoms with Crippen LogP contribution in [0.2, 0.25) is 0 Å². The standard InChI is InChI=1S/C16H23NO2.ClH/c1-3-19-16(18)11(2)13-6-7-14-8-12(10-17)4-5-15(14)9-13;/h6-7,9,11-12H,3-5,8,10,17H2,1-2H3;1H. The smallest absolute Gasteiger partial charge is 0.313 e. The first-order valence-corrected chi connectivity index (χ1v) is 7.14. The molecule has 0 amide bonds. The third-order valence-electron chi connectivity index (χ3n) is 4.03. The summed E-state index contributed by atoms with van der Waals surface area (Å²) < 4.78 is 5.08. The van der Waals surface area contributed by atoms with Gasteiger partial charge in [0.2, 0.25) is 0 Å². The van der Waals surface area contributed by atoms with E-state index in [0.29, 0.717) is 12.5 Å². The second kappa shape index (κ2) is 7.65. The largest absolute Gasteiger partial charge is 0.466 e. The Morgan fingerprint density at radius 3 is 2.85 bits per heavy atom. The van der Waals surface area contributed by atoms with E-state index in [1.807, 2.05) is 13.8 Å². The van der Waals surface area contributed by atoms with E-state index < -0.39 is 0 Å². The third kappa shape index (κ3) is 3.74. The summed E-state index contributed by atoms with van der Waals surface area (Å²) in [6, 6.07) is 6.38. The van der Waals surface area contributed by atoms with Crippen LogP contribution in [0.1, 0.15) is 42.9 Å². The molecule has 20 heavy (non-hydrogen) atoms. The summed E-state index contributed by atoms with van der Waals surface area (Å²) in [5.41, 5.74) is 9.57. The van der Waals surface area contributed by atoms with Crippen LogP contribution >= 0.6 is 12.4 Å². The van der Waals surface area contributed by atoms with Crippen molar-refractivity contribution in [3.05, 3.63) is 34.9 Å². The Morgan fingerprint density at radius 1 is 1.45 bits per heavy atom. The number of esters is 1. The van der Waals surface area contributed by atoms with E-state index in [1.165, 1.54) is 11.1 Å². The molecule has 1 aromatic rings. The van der Waals surface area contributed by atoms with Crippen molar-refractivity contribution in [3.8, 4) is 0 Å². The average molecular weight is 298 g/mol. The number of carbonyl (C=O) groups excluding carboxylic acids is 1. The van der Waals surface area contributed by atoms with Gasteiger partial charge in [-0.1, -0.05) is 18.2 Å². The molecule has 1 aromatic carbocycles. The van der Waals surface area contributed by atoms with Gasteiger partial charge in [0.15, 0.2) is 0 Å². The number of aryl methyl sites for hydroxylation is 1. The summed E-state index contributed by atoms with van der Waals surface area (Å²) in [4.78, 5) is 11.8. The molecule has 2 atom stereocenters. The molecule has 0 saturated carbocycles. The normalized spacial score (nSPS) is 18.6. The van der Waals surface area contributed by atoms with E-state index in [-0.39, 0.29) is 24.3 Å². The molecule has 2 rings (SSSR count). The van der Waals surface area contributed by atoms with Crippen molar-refractivity contribution in [1.82, 2.24) is 0 Å². The number of rotatable bonds is 4. The zero-order valence-electron chi connectivity index (χ0n) is 12.2. The van der Waals surface area contributed by atoms with Gasteiger partial charge in [0, 0.05) is 0 Å². The molecule has 0 heterocycles. The Labute approximate surface area is 127 Å². The molecule has 0 saturated heterocycles. The number of carbonyl (C=O) groups is 1. The highest BCUT2D eigenvalue weighted by Crippen LogP contribution is 2.28. The monoisotopic (exact) mass is 297 g/mol. The first-order chi connectivity index (χ1) is 9.15. The van der Waals surface area contributed by atoms with Crippen molar-refractivity contribution >= 4 is 18.4 Å². The van der Waals surface area contributed by atoms with Crippen LogP contribution < -0.4 is 5.73 Å². The van der Waals surface area contributed by atoms with Gasteiger partial charge in [-0.15, -0.1) is 12.4 Å². The SMILES string of the molecule is CCOC(=O)C(C)c1ccc2c(c1)CCC(CN)C2.Cl. The van der Waals surface area contributed by atoms with E-state index in [9.17, 15) is 4.79 Å². The molecule has 0 aromatic heterocycles. The van der Waals surface area contributed by atoms with E-state index in [1.54, 1.807) is 0 Å². The molecular weight excluding hydrogens is 274 g/mol. The lowest BCUT2D eigenvalue weighted by Gasteiger charge is -2.24. The molecule has 0 aliphatic heterocycles. The fourth-order valence-electron chi connectivity index (χ4n) is 2.72. The molecule has 2 unspecified atom stereocenters. The Balaban J connectivity index is 0.00000200. The average Bonchev–Trinajstić information content (AvgIpc) is 2.45. The van der Waals surface area contributed by atoms with Gasteiger partial charge in [-0.25, -0.2) is 0 Å². The van der Waals surface area contributed by atoms with E-state index in [0.717, 1.165) is 31.4 Å². The van der Waals surface area contributed by atoms with Crippen molar-refractivity contribution in [2.75, 3.05) is 13.2 Å². The maximum atomic E-state index is 11.8. The van der Waals surface area contributed by atoms with Crippen LogP contribution in [0.25, 0.3) is 0 Å². The Kier molecular flexibility index (Phi) is 6.50. The van der Waals surface area contributed by atoms with E-state index in [4.69, 9.17) is 10.5 Å². The number of fused-ring (bicyclic) bond motifs is 1. The van der Waals surface area contributed by atoms with Crippen LogP contribution in [-0.4, -0.2) is 19.1 Å². The summed E-state index contributed by atoms with van der Waals surface area (Å²) in [5.74, 6) is 0.288. The fourth-order valence-corrected chi connectivity index (χ4v) is 2.72. The second-order valence-electron chi connectivity index (χ2n) is 5.35. The molecule has 2 N–H and O–H groups in total. The first-order valence-electron chi connectivity index (χ1n) is 7.14. The Bertz CT molecular complexity index is 462. The summed E-state index contributed by atoms with van der Waals surface area (Å²) in [7, 11) is 0. The van der Waals surface area contributed by atoms with Gasteiger partial charge < -0.3 is 10.5 Å².